The van der Waals surface area contributed by atoms with Crippen molar-refractivity contribution in [3.8, 4) is 5.75 Å². The summed E-state index contributed by atoms with van der Waals surface area (Å²) in [6.45, 7) is 8.88. The zero-order valence-electron chi connectivity index (χ0n) is 16.1. The number of thiazole rings is 1. The number of amides is 1. The van der Waals surface area contributed by atoms with E-state index < -0.39 is 5.97 Å². The molecular weight excluding hydrogens is 364 g/mol. The molecule has 6 nitrogen and oxygen atoms in total. The minimum absolute atomic E-state index is 0.0413. The number of carbonyl (C=O) groups excluding carboxylic acids is 2. The molecule has 1 heterocycles. The molecule has 0 unspecified atom stereocenters. The Kier molecular flexibility index (Phi) is 6.96. The summed E-state index contributed by atoms with van der Waals surface area (Å²) in [6.07, 6.45) is 1.10. The van der Waals surface area contributed by atoms with Crippen LogP contribution in [0.4, 0.5) is 0 Å². The number of nitrogens with zero attached hydrogens (tertiary/aromatic N) is 1. The van der Waals surface area contributed by atoms with Crippen molar-refractivity contribution in [3.63, 3.8) is 0 Å². The van der Waals surface area contributed by atoms with Crippen LogP contribution in [0.2, 0.25) is 0 Å². The first-order chi connectivity index (χ1) is 12.7. The Morgan fingerprint density at radius 2 is 1.93 bits per heavy atom. The molecule has 7 heteroatoms. The number of carbonyl (C=O) groups is 2. The van der Waals surface area contributed by atoms with E-state index in [1.54, 1.807) is 6.92 Å². The number of carboxylic acid groups (broad SMARTS) is 1. The molecular formula is C20H25N2O4S-. The third-order valence-electron chi connectivity index (χ3n) is 4.55. The predicted molar refractivity (Wildman–Crippen MR) is 103 cm³/mol. The number of nitrogens with one attached hydrogen (secondary N) is 1. The van der Waals surface area contributed by atoms with E-state index in [9.17, 15) is 14.7 Å². The number of rotatable bonds is 9. The maximum atomic E-state index is 11.9. The maximum absolute atomic E-state index is 11.9. The molecule has 2 aromatic rings. The molecule has 1 amide bonds. The average Bonchev–Trinajstić information content (AvgIpc) is 2.99. The number of aromatic carboxylic acids is 1. The van der Waals surface area contributed by atoms with Crippen molar-refractivity contribution in [2.45, 2.75) is 46.0 Å². The summed E-state index contributed by atoms with van der Waals surface area (Å²) in [5, 5.41) is 14.1. The van der Waals surface area contributed by atoms with Crippen LogP contribution in [0.5, 0.6) is 5.75 Å². The smallest absolute Gasteiger partial charge is 0.226 e. The lowest BCUT2D eigenvalue weighted by Gasteiger charge is -2.23. The molecule has 0 spiro atoms. The van der Waals surface area contributed by atoms with Crippen LogP contribution >= 0.6 is 11.3 Å². The Hall–Kier alpha value is -2.41. The largest absolute Gasteiger partial charge is 0.544 e. The van der Waals surface area contributed by atoms with Gasteiger partial charge >= 0.3 is 0 Å². The number of aromatic nitrogens is 1. The summed E-state index contributed by atoms with van der Waals surface area (Å²) in [6, 6.07) is 8.01. The Morgan fingerprint density at radius 1 is 1.26 bits per heavy atom. The van der Waals surface area contributed by atoms with Gasteiger partial charge in [0.25, 0.3) is 0 Å². The summed E-state index contributed by atoms with van der Waals surface area (Å²) in [4.78, 5) is 27.0. The molecule has 146 valence electrons. The molecule has 1 N–H and O–H groups in total. The topological polar surface area (TPSA) is 91.3 Å². The lowest BCUT2D eigenvalue weighted by atomic mass is 9.82. The van der Waals surface area contributed by atoms with E-state index in [0.717, 1.165) is 23.5 Å². The van der Waals surface area contributed by atoms with Gasteiger partial charge in [-0.1, -0.05) is 32.9 Å². The van der Waals surface area contributed by atoms with Crippen LogP contribution in [-0.2, 0) is 16.6 Å². The second-order valence-corrected chi connectivity index (χ2v) is 8.03. The van der Waals surface area contributed by atoms with Gasteiger partial charge in [-0.3, -0.25) is 4.79 Å². The van der Waals surface area contributed by atoms with Gasteiger partial charge in [-0.2, -0.15) is 0 Å². The second kappa shape index (κ2) is 8.99. The Bertz CT molecular complexity index is 797. The molecule has 27 heavy (non-hydrogen) atoms. The molecule has 0 radical (unpaired) electrons. The fourth-order valence-corrected chi connectivity index (χ4v) is 3.38. The zero-order chi connectivity index (χ0) is 20.0. The van der Waals surface area contributed by atoms with E-state index in [2.05, 4.69) is 43.2 Å². The summed E-state index contributed by atoms with van der Waals surface area (Å²) >= 11 is 0.972. The lowest BCUT2D eigenvalue weighted by Crippen LogP contribution is -2.29. The highest BCUT2D eigenvalue weighted by atomic mass is 32.1. The van der Waals surface area contributed by atoms with Gasteiger partial charge in [0, 0.05) is 0 Å². The quantitative estimate of drug-likeness (QED) is 0.664. The molecule has 0 aliphatic rings. The van der Waals surface area contributed by atoms with E-state index in [-0.39, 0.29) is 22.6 Å². The van der Waals surface area contributed by atoms with Crippen molar-refractivity contribution in [1.29, 1.82) is 0 Å². The fraction of sp³-hybridized carbons (Fsp3) is 0.450. The summed E-state index contributed by atoms with van der Waals surface area (Å²) in [5.74, 6) is -0.732. The number of ether oxygens (including phenoxy) is 1. The predicted octanol–water partition coefficient (Wildman–Crippen LogP) is 2.24. The van der Waals surface area contributed by atoms with E-state index >= 15 is 0 Å². The summed E-state index contributed by atoms with van der Waals surface area (Å²) in [7, 11) is 0. The van der Waals surface area contributed by atoms with Crippen molar-refractivity contribution in [2.24, 2.45) is 0 Å². The number of hydrogen-bond donors (Lipinski definition) is 1. The van der Waals surface area contributed by atoms with Crippen LogP contribution in [0.15, 0.2) is 24.3 Å². The van der Waals surface area contributed by atoms with Crippen LogP contribution < -0.4 is 15.2 Å². The van der Waals surface area contributed by atoms with E-state index in [1.807, 2.05) is 12.1 Å². The first kappa shape index (κ1) is 20.9. The molecule has 0 saturated carbocycles. The molecule has 0 bridgehead atoms. The Balaban J connectivity index is 1.75. The lowest BCUT2D eigenvalue weighted by molar-refractivity contribution is -0.254. The SMILES string of the molecule is CCC(C)(C)c1ccc(OCCNC(=O)Cc2nc(C)c(C(=O)[O-])s2)cc1. The van der Waals surface area contributed by atoms with Gasteiger partial charge in [-0.15, -0.1) is 11.3 Å². The van der Waals surface area contributed by atoms with Crippen molar-refractivity contribution in [1.82, 2.24) is 10.3 Å². The highest BCUT2D eigenvalue weighted by Gasteiger charge is 2.17. The van der Waals surface area contributed by atoms with Gasteiger partial charge in [0.05, 0.1) is 29.5 Å². The van der Waals surface area contributed by atoms with Crippen LogP contribution in [0.25, 0.3) is 0 Å². The average molecular weight is 389 g/mol. The van der Waals surface area contributed by atoms with Crippen LogP contribution in [0.3, 0.4) is 0 Å². The molecule has 0 atom stereocenters. The van der Waals surface area contributed by atoms with Crippen LogP contribution in [-0.4, -0.2) is 30.0 Å². The van der Waals surface area contributed by atoms with E-state index in [0.29, 0.717) is 23.9 Å². The molecule has 1 aromatic heterocycles. The van der Waals surface area contributed by atoms with E-state index in [1.165, 1.54) is 5.56 Å². The van der Waals surface area contributed by atoms with E-state index in [4.69, 9.17) is 4.74 Å². The van der Waals surface area contributed by atoms with Gasteiger partial charge in [0.15, 0.2) is 0 Å². The molecule has 0 aliphatic heterocycles. The number of carboxylic acids is 1. The molecule has 0 saturated heterocycles. The van der Waals surface area contributed by atoms with Crippen LogP contribution in [0.1, 0.15) is 53.1 Å². The normalized spacial score (nSPS) is 11.3. The minimum Gasteiger partial charge on any atom is -0.544 e. The highest BCUT2D eigenvalue weighted by molar-refractivity contribution is 7.13. The van der Waals surface area contributed by atoms with Crippen molar-refractivity contribution in [3.05, 3.63) is 45.4 Å². The van der Waals surface area contributed by atoms with Crippen LogP contribution in [0, 0.1) is 6.92 Å². The Labute approximate surface area is 163 Å². The minimum atomic E-state index is -1.27. The number of benzene rings is 1. The zero-order valence-corrected chi connectivity index (χ0v) is 16.9. The molecule has 0 aliphatic carbocycles. The molecule has 1 aromatic carbocycles. The monoisotopic (exact) mass is 389 g/mol. The first-order valence-corrected chi connectivity index (χ1v) is 9.72. The standard InChI is InChI=1S/C20H26N2O4S/c1-5-20(3,4)14-6-8-15(9-7-14)26-11-10-21-16(23)12-17-22-13(2)18(27-17)19(24)25/h6-9H,5,10-12H2,1-4H3,(H,21,23)(H,24,25)/p-1. The fourth-order valence-electron chi connectivity index (χ4n) is 2.48. The van der Waals surface area contributed by atoms with Gasteiger partial charge in [0.1, 0.15) is 17.4 Å². The van der Waals surface area contributed by atoms with Crippen molar-refractivity contribution < 1.29 is 19.4 Å². The third-order valence-corrected chi connectivity index (χ3v) is 5.69. The van der Waals surface area contributed by atoms with Gasteiger partial charge in [-0.25, -0.2) is 4.98 Å². The highest BCUT2D eigenvalue weighted by Crippen LogP contribution is 2.28. The third kappa shape index (κ3) is 5.79. The first-order valence-electron chi connectivity index (χ1n) is 8.90. The summed E-state index contributed by atoms with van der Waals surface area (Å²) < 4.78 is 5.65. The molecule has 2 rings (SSSR count). The molecule has 0 fully saturated rings. The number of aryl methyl sites for hydroxylation is 1. The van der Waals surface area contributed by atoms with Crippen molar-refractivity contribution >= 4 is 23.2 Å². The van der Waals surface area contributed by atoms with Gasteiger partial charge in [-0.05, 0) is 36.5 Å². The second-order valence-electron chi connectivity index (χ2n) is 6.95. The summed E-state index contributed by atoms with van der Waals surface area (Å²) in [5.41, 5.74) is 1.78. The number of hydrogen-bond acceptors (Lipinski definition) is 6. The van der Waals surface area contributed by atoms with Gasteiger partial charge < -0.3 is 20.0 Å². The van der Waals surface area contributed by atoms with Crippen molar-refractivity contribution in [2.75, 3.05) is 13.2 Å². The Morgan fingerprint density at radius 3 is 2.48 bits per heavy atom. The maximum Gasteiger partial charge on any atom is 0.226 e. The van der Waals surface area contributed by atoms with Gasteiger partial charge in [0.2, 0.25) is 5.91 Å².